The Hall–Kier alpha value is -2.17. The van der Waals surface area contributed by atoms with Gasteiger partial charge in [-0.1, -0.05) is 0 Å². The van der Waals surface area contributed by atoms with E-state index in [9.17, 15) is 9.18 Å². The number of halogens is 1. The van der Waals surface area contributed by atoms with Gasteiger partial charge in [0, 0.05) is 12.6 Å². The molecule has 17 heavy (non-hydrogen) atoms. The van der Waals surface area contributed by atoms with Gasteiger partial charge in [-0.15, -0.1) is 0 Å². The molecule has 0 bridgehead atoms. The van der Waals surface area contributed by atoms with E-state index in [-0.39, 0.29) is 17.4 Å². The Kier molecular flexibility index (Phi) is 2.91. The molecule has 88 valence electrons. The first-order valence-electron chi connectivity index (χ1n) is 5.07. The third-order valence-electron chi connectivity index (χ3n) is 2.22. The molecule has 1 amide bonds. The molecule has 0 aliphatic heterocycles. The van der Waals surface area contributed by atoms with E-state index in [1.165, 1.54) is 24.3 Å². The van der Waals surface area contributed by atoms with Crippen molar-refractivity contribution >= 4 is 11.6 Å². The normalized spacial score (nSPS) is 10.3. The number of aryl methyl sites for hydroxylation is 2. The standard InChI is InChI=1S/C12H11FN2O2/c1-7-11(14-8(2)17-7)12(16)15-10-5-3-9(13)4-6-10/h3-6H,1-2H3,(H,15,16). The number of hydrogen-bond acceptors (Lipinski definition) is 3. The summed E-state index contributed by atoms with van der Waals surface area (Å²) in [5.41, 5.74) is 0.753. The van der Waals surface area contributed by atoms with Gasteiger partial charge in [-0.05, 0) is 31.2 Å². The molecule has 0 saturated heterocycles. The van der Waals surface area contributed by atoms with Crippen molar-refractivity contribution in [1.29, 1.82) is 0 Å². The summed E-state index contributed by atoms with van der Waals surface area (Å²) in [6, 6.07) is 5.51. The number of carbonyl (C=O) groups excluding carboxylic acids is 1. The Morgan fingerprint density at radius 1 is 1.29 bits per heavy atom. The summed E-state index contributed by atoms with van der Waals surface area (Å²) in [5.74, 6) is 0.177. The average Bonchev–Trinajstić information content (AvgIpc) is 2.61. The lowest BCUT2D eigenvalue weighted by Crippen LogP contribution is -2.13. The molecule has 2 rings (SSSR count). The Bertz CT molecular complexity index is 546. The fourth-order valence-corrected chi connectivity index (χ4v) is 1.46. The van der Waals surface area contributed by atoms with Crippen LogP contribution in [0.15, 0.2) is 28.7 Å². The molecular weight excluding hydrogens is 223 g/mol. The van der Waals surface area contributed by atoms with Gasteiger partial charge in [0.15, 0.2) is 11.6 Å². The van der Waals surface area contributed by atoms with Crippen LogP contribution < -0.4 is 5.32 Å². The summed E-state index contributed by atoms with van der Waals surface area (Å²) in [6.45, 7) is 3.33. The van der Waals surface area contributed by atoms with Gasteiger partial charge in [-0.2, -0.15) is 0 Å². The Balaban J connectivity index is 2.17. The highest BCUT2D eigenvalue weighted by atomic mass is 19.1. The minimum atomic E-state index is -0.369. The Morgan fingerprint density at radius 2 is 1.94 bits per heavy atom. The average molecular weight is 234 g/mol. The zero-order chi connectivity index (χ0) is 12.4. The summed E-state index contributed by atoms with van der Waals surface area (Å²) in [7, 11) is 0. The van der Waals surface area contributed by atoms with E-state index >= 15 is 0 Å². The minimum absolute atomic E-state index is 0.242. The summed E-state index contributed by atoms with van der Waals surface area (Å²) in [4.78, 5) is 15.8. The monoisotopic (exact) mass is 234 g/mol. The van der Waals surface area contributed by atoms with Crippen molar-refractivity contribution in [2.45, 2.75) is 13.8 Å². The largest absolute Gasteiger partial charge is 0.445 e. The van der Waals surface area contributed by atoms with Gasteiger partial charge in [0.25, 0.3) is 5.91 Å². The summed E-state index contributed by atoms with van der Waals surface area (Å²) in [6.07, 6.45) is 0. The van der Waals surface area contributed by atoms with Crippen LogP contribution in [0.4, 0.5) is 10.1 Å². The predicted octanol–water partition coefficient (Wildman–Crippen LogP) is 2.68. The molecule has 5 heteroatoms. The molecule has 0 unspecified atom stereocenters. The lowest BCUT2D eigenvalue weighted by Gasteiger charge is -2.02. The molecule has 0 aliphatic rings. The number of aromatic nitrogens is 1. The van der Waals surface area contributed by atoms with Crippen LogP contribution in [0.3, 0.4) is 0 Å². The number of oxazole rings is 1. The van der Waals surface area contributed by atoms with Crippen molar-refractivity contribution in [1.82, 2.24) is 4.98 Å². The van der Waals surface area contributed by atoms with Gasteiger partial charge in [-0.3, -0.25) is 4.79 Å². The number of anilines is 1. The molecule has 0 saturated carbocycles. The molecule has 1 N–H and O–H groups in total. The van der Waals surface area contributed by atoms with Gasteiger partial charge >= 0.3 is 0 Å². The maximum Gasteiger partial charge on any atom is 0.277 e. The minimum Gasteiger partial charge on any atom is -0.445 e. The number of amides is 1. The number of benzene rings is 1. The number of hydrogen-bond donors (Lipinski definition) is 1. The van der Waals surface area contributed by atoms with Crippen molar-refractivity contribution in [2.24, 2.45) is 0 Å². The van der Waals surface area contributed by atoms with Crippen LogP contribution in [-0.2, 0) is 0 Å². The van der Waals surface area contributed by atoms with E-state index in [0.717, 1.165) is 0 Å². The number of nitrogens with zero attached hydrogens (tertiary/aromatic N) is 1. The number of carbonyl (C=O) groups is 1. The van der Waals surface area contributed by atoms with E-state index in [4.69, 9.17) is 4.42 Å². The van der Waals surface area contributed by atoms with Gasteiger partial charge in [0.2, 0.25) is 0 Å². The quantitative estimate of drug-likeness (QED) is 0.869. The zero-order valence-corrected chi connectivity index (χ0v) is 9.45. The summed E-state index contributed by atoms with van der Waals surface area (Å²) in [5, 5.41) is 2.61. The second-order valence-corrected chi connectivity index (χ2v) is 3.60. The fourth-order valence-electron chi connectivity index (χ4n) is 1.46. The number of rotatable bonds is 2. The molecule has 1 aromatic carbocycles. The molecular formula is C12H11FN2O2. The Morgan fingerprint density at radius 3 is 2.47 bits per heavy atom. The van der Waals surface area contributed by atoms with Crippen LogP contribution in [0.5, 0.6) is 0 Å². The summed E-state index contributed by atoms with van der Waals surface area (Å²) < 4.78 is 17.8. The number of nitrogens with one attached hydrogen (secondary N) is 1. The molecule has 0 spiro atoms. The second-order valence-electron chi connectivity index (χ2n) is 3.60. The van der Waals surface area contributed by atoms with Crippen molar-refractivity contribution in [3.05, 3.63) is 47.4 Å². The highest BCUT2D eigenvalue weighted by Crippen LogP contribution is 2.13. The van der Waals surface area contributed by atoms with Crippen molar-refractivity contribution in [2.75, 3.05) is 5.32 Å². The van der Waals surface area contributed by atoms with E-state index in [0.29, 0.717) is 17.3 Å². The maximum atomic E-state index is 12.7. The van der Waals surface area contributed by atoms with Crippen LogP contribution in [0, 0.1) is 19.7 Å². The van der Waals surface area contributed by atoms with Crippen LogP contribution in [0.1, 0.15) is 22.1 Å². The molecule has 0 fully saturated rings. The van der Waals surface area contributed by atoms with Crippen LogP contribution in [0.2, 0.25) is 0 Å². The van der Waals surface area contributed by atoms with Gasteiger partial charge in [0.1, 0.15) is 11.6 Å². The summed E-state index contributed by atoms with van der Waals surface area (Å²) >= 11 is 0. The molecule has 2 aromatic rings. The molecule has 1 aromatic heterocycles. The molecule has 0 radical (unpaired) electrons. The van der Waals surface area contributed by atoms with Crippen LogP contribution in [-0.4, -0.2) is 10.9 Å². The van der Waals surface area contributed by atoms with E-state index < -0.39 is 0 Å². The van der Waals surface area contributed by atoms with E-state index in [2.05, 4.69) is 10.3 Å². The molecule has 4 nitrogen and oxygen atoms in total. The van der Waals surface area contributed by atoms with E-state index in [1.54, 1.807) is 13.8 Å². The third-order valence-corrected chi connectivity index (χ3v) is 2.22. The first kappa shape index (κ1) is 11.3. The topological polar surface area (TPSA) is 55.1 Å². The fraction of sp³-hybridized carbons (Fsp3) is 0.167. The van der Waals surface area contributed by atoms with Gasteiger partial charge < -0.3 is 9.73 Å². The van der Waals surface area contributed by atoms with Gasteiger partial charge in [0.05, 0.1) is 0 Å². The smallest absolute Gasteiger partial charge is 0.277 e. The highest BCUT2D eigenvalue weighted by Gasteiger charge is 2.15. The maximum absolute atomic E-state index is 12.7. The Labute approximate surface area is 97.5 Å². The van der Waals surface area contributed by atoms with Crippen molar-refractivity contribution in [3.63, 3.8) is 0 Å². The van der Waals surface area contributed by atoms with Gasteiger partial charge in [-0.25, -0.2) is 9.37 Å². The zero-order valence-electron chi connectivity index (χ0n) is 9.45. The third kappa shape index (κ3) is 2.50. The van der Waals surface area contributed by atoms with Crippen molar-refractivity contribution in [3.8, 4) is 0 Å². The molecule has 0 aliphatic carbocycles. The molecule has 1 heterocycles. The molecule has 0 atom stereocenters. The first-order valence-corrected chi connectivity index (χ1v) is 5.07. The van der Waals surface area contributed by atoms with Crippen molar-refractivity contribution < 1.29 is 13.6 Å². The van der Waals surface area contributed by atoms with Crippen LogP contribution in [0.25, 0.3) is 0 Å². The van der Waals surface area contributed by atoms with Crippen LogP contribution >= 0.6 is 0 Å². The second kappa shape index (κ2) is 4.37. The van der Waals surface area contributed by atoms with E-state index in [1.807, 2.05) is 0 Å². The predicted molar refractivity (Wildman–Crippen MR) is 60.3 cm³/mol. The first-order chi connectivity index (χ1) is 8.06. The lowest BCUT2D eigenvalue weighted by molar-refractivity contribution is 0.102. The SMILES string of the molecule is Cc1nc(C(=O)Nc2ccc(F)cc2)c(C)o1. The lowest BCUT2D eigenvalue weighted by atomic mass is 10.3. The highest BCUT2D eigenvalue weighted by molar-refractivity contribution is 6.03.